The lowest BCUT2D eigenvalue weighted by Gasteiger charge is -2.09. The van der Waals surface area contributed by atoms with Crippen molar-refractivity contribution in [1.82, 2.24) is 9.78 Å². The number of aryl methyl sites for hydroxylation is 2. The second-order valence-electron chi connectivity index (χ2n) is 5.40. The summed E-state index contributed by atoms with van der Waals surface area (Å²) in [5, 5.41) is 7.23. The molecule has 1 N–H and O–H groups in total. The van der Waals surface area contributed by atoms with E-state index in [1.54, 1.807) is 4.68 Å². The first-order chi connectivity index (χ1) is 9.40. The largest absolute Gasteiger partial charge is 0.322 e. The van der Waals surface area contributed by atoms with Gasteiger partial charge in [-0.25, -0.2) is 0 Å². The third-order valence-electron chi connectivity index (χ3n) is 3.55. The monoisotopic (exact) mass is 271 g/mol. The van der Waals surface area contributed by atoms with Crippen molar-refractivity contribution in [3.05, 3.63) is 46.8 Å². The van der Waals surface area contributed by atoms with Crippen molar-refractivity contribution in [3.63, 3.8) is 0 Å². The first-order valence-corrected chi connectivity index (χ1v) is 6.81. The van der Waals surface area contributed by atoms with Crippen LogP contribution in [0.2, 0.25) is 0 Å². The number of benzene rings is 1. The summed E-state index contributed by atoms with van der Waals surface area (Å²) in [6.07, 6.45) is 0. The van der Waals surface area contributed by atoms with Gasteiger partial charge in [-0.05, 0) is 37.5 Å². The van der Waals surface area contributed by atoms with E-state index in [-0.39, 0.29) is 5.91 Å². The molecule has 0 aliphatic heterocycles. The summed E-state index contributed by atoms with van der Waals surface area (Å²) in [5.41, 5.74) is 4.32. The molecule has 0 fully saturated rings. The highest BCUT2D eigenvalue weighted by atomic mass is 16.1. The highest BCUT2D eigenvalue weighted by molar-refractivity contribution is 6.05. The fourth-order valence-electron chi connectivity index (χ4n) is 2.27. The average Bonchev–Trinajstić information content (AvgIpc) is 2.63. The van der Waals surface area contributed by atoms with E-state index in [4.69, 9.17) is 0 Å². The maximum Gasteiger partial charge on any atom is 0.259 e. The molecule has 1 aromatic carbocycles. The van der Waals surface area contributed by atoms with Crippen molar-refractivity contribution in [2.75, 3.05) is 5.32 Å². The minimum atomic E-state index is -0.103. The van der Waals surface area contributed by atoms with E-state index in [1.807, 2.05) is 39.1 Å². The SMILES string of the molecule is Cc1nn(C)c(C)c1C(=O)Nc1cccc(C(C)C)c1. The molecular formula is C16H21N3O. The van der Waals surface area contributed by atoms with Crippen molar-refractivity contribution in [3.8, 4) is 0 Å². The number of nitrogens with one attached hydrogen (secondary N) is 1. The standard InChI is InChI=1S/C16H21N3O/c1-10(2)13-7-6-8-14(9-13)17-16(20)15-11(3)18-19(5)12(15)4/h6-10H,1-5H3,(H,17,20). The summed E-state index contributed by atoms with van der Waals surface area (Å²) in [6, 6.07) is 7.96. The van der Waals surface area contributed by atoms with Crippen LogP contribution in [0.15, 0.2) is 24.3 Å². The Bertz CT molecular complexity index is 641. The van der Waals surface area contributed by atoms with Gasteiger partial charge in [-0.3, -0.25) is 9.48 Å². The third-order valence-corrected chi connectivity index (χ3v) is 3.55. The van der Waals surface area contributed by atoms with Gasteiger partial charge in [-0.2, -0.15) is 5.10 Å². The van der Waals surface area contributed by atoms with Gasteiger partial charge in [0.1, 0.15) is 0 Å². The zero-order valence-corrected chi connectivity index (χ0v) is 12.7. The van der Waals surface area contributed by atoms with Crippen LogP contribution in [-0.2, 0) is 7.05 Å². The van der Waals surface area contributed by atoms with Crippen molar-refractivity contribution in [2.24, 2.45) is 7.05 Å². The second-order valence-corrected chi connectivity index (χ2v) is 5.40. The number of hydrogen-bond donors (Lipinski definition) is 1. The molecule has 4 heteroatoms. The maximum absolute atomic E-state index is 12.4. The summed E-state index contributed by atoms with van der Waals surface area (Å²) in [6.45, 7) is 8.03. The van der Waals surface area contributed by atoms with E-state index in [0.717, 1.165) is 17.1 Å². The molecule has 1 amide bonds. The van der Waals surface area contributed by atoms with E-state index >= 15 is 0 Å². The molecule has 0 bridgehead atoms. The molecule has 0 saturated carbocycles. The minimum Gasteiger partial charge on any atom is -0.322 e. The molecule has 20 heavy (non-hydrogen) atoms. The summed E-state index contributed by atoms with van der Waals surface area (Å²) < 4.78 is 1.73. The van der Waals surface area contributed by atoms with Gasteiger partial charge < -0.3 is 5.32 Å². The van der Waals surface area contributed by atoms with Gasteiger partial charge in [0.25, 0.3) is 5.91 Å². The molecule has 2 rings (SSSR count). The summed E-state index contributed by atoms with van der Waals surface area (Å²) in [5.74, 6) is 0.336. The third kappa shape index (κ3) is 2.74. The lowest BCUT2D eigenvalue weighted by atomic mass is 10.0. The van der Waals surface area contributed by atoms with Crippen LogP contribution in [-0.4, -0.2) is 15.7 Å². The van der Waals surface area contributed by atoms with Crippen LogP contribution < -0.4 is 5.32 Å². The molecule has 4 nitrogen and oxygen atoms in total. The lowest BCUT2D eigenvalue weighted by Crippen LogP contribution is -2.14. The highest BCUT2D eigenvalue weighted by Crippen LogP contribution is 2.20. The Labute approximate surface area is 119 Å². The minimum absolute atomic E-state index is 0.103. The zero-order chi connectivity index (χ0) is 14.9. The van der Waals surface area contributed by atoms with Gasteiger partial charge in [-0.15, -0.1) is 0 Å². The fourth-order valence-corrected chi connectivity index (χ4v) is 2.27. The van der Waals surface area contributed by atoms with Crippen LogP contribution in [0.5, 0.6) is 0 Å². The first-order valence-electron chi connectivity index (χ1n) is 6.81. The van der Waals surface area contributed by atoms with Crippen LogP contribution >= 0.6 is 0 Å². The van der Waals surface area contributed by atoms with E-state index in [1.165, 1.54) is 5.56 Å². The molecule has 2 aromatic rings. The van der Waals surface area contributed by atoms with E-state index in [9.17, 15) is 4.79 Å². The van der Waals surface area contributed by atoms with Crippen LogP contribution in [0.25, 0.3) is 0 Å². The number of carbonyl (C=O) groups excluding carboxylic acids is 1. The Morgan fingerprint density at radius 1 is 1.30 bits per heavy atom. The Balaban J connectivity index is 2.26. The fraction of sp³-hybridized carbons (Fsp3) is 0.375. The van der Waals surface area contributed by atoms with E-state index in [0.29, 0.717) is 11.5 Å². The molecule has 0 aliphatic carbocycles. The number of anilines is 1. The van der Waals surface area contributed by atoms with Gasteiger partial charge >= 0.3 is 0 Å². The van der Waals surface area contributed by atoms with E-state index < -0.39 is 0 Å². The Hall–Kier alpha value is -2.10. The van der Waals surface area contributed by atoms with Crippen molar-refractivity contribution >= 4 is 11.6 Å². The predicted octanol–water partition coefficient (Wildman–Crippen LogP) is 3.41. The van der Waals surface area contributed by atoms with Crippen molar-refractivity contribution < 1.29 is 4.79 Å². The number of rotatable bonds is 3. The molecule has 106 valence electrons. The predicted molar refractivity (Wildman–Crippen MR) is 81.2 cm³/mol. The molecule has 0 atom stereocenters. The van der Waals surface area contributed by atoms with Crippen LogP contribution in [0, 0.1) is 13.8 Å². The Morgan fingerprint density at radius 3 is 2.55 bits per heavy atom. The quantitative estimate of drug-likeness (QED) is 0.930. The average molecular weight is 271 g/mol. The van der Waals surface area contributed by atoms with Gasteiger partial charge in [0.2, 0.25) is 0 Å². The molecular weight excluding hydrogens is 250 g/mol. The Morgan fingerprint density at radius 2 is 2.00 bits per heavy atom. The number of hydrogen-bond acceptors (Lipinski definition) is 2. The van der Waals surface area contributed by atoms with Crippen LogP contribution in [0.4, 0.5) is 5.69 Å². The molecule has 0 spiro atoms. The van der Waals surface area contributed by atoms with Gasteiger partial charge in [0.15, 0.2) is 0 Å². The van der Waals surface area contributed by atoms with Crippen LogP contribution in [0.1, 0.15) is 47.1 Å². The van der Waals surface area contributed by atoms with Crippen LogP contribution in [0.3, 0.4) is 0 Å². The number of aromatic nitrogens is 2. The smallest absolute Gasteiger partial charge is 0.259 e. The number of amides is 1. The maximum atomic E-state index is 12.4. The molecule has 1 heterocycles. The molecule has 1 aromatic heterocycles. The molecule has 0 saturated heterocycles. The topological polar surface area (TPSA) is 46.9 Å². The number of carbonyl (C=O) groups is 1. The second kappa shape index (κ2) is 5.49. The zero-order valence-electron chi connectivity index (χ0n) is 12.7. The molecule has 0 aliphatic rings. The summed E-state index contributed by atoms with van der Waals surface area (Å²) >= 11 is 0. The first kappa shape index (κ1) is 14.3. The molecule has 0 radical (unpaired) electrons. The normalized spacial score (nSPS) is 10.9. The lowest BCUT2D eigenvalue weighted by molar-refractivity contribution is 0.102. The summed E-state index contributed by atoms with van der Waals surface area (Å²) in [7, 11) is 1.85. The van der Waals surface area contributed by atoms with Gasteiger partial charge in [0.05, 0.1) is 11.3 Å². The molecule has 0 unspecified atom stereocenters. The number of nitrogens with zero attached hydrogens (tertiary/aromatic N) is 2. The van der Waals surface area contributed by atoms with Crippen molar-refractivity contribution in [2.45, 2.75) is 33.6 Å². The highest BCUT2D eigenvalue weighted by Gasteiger charge is 2.17. The summed E-state index contributed by atoms with van der Waals surface area (Å²) in [4.78, 5) is 12.4. The van der Waals surface area contributed by atoms with Gasteiger partial charge in [0, 0.05) is 18.4 Å². The van der Waals surface area contributed by atoms with Crippen molar-refractivity contribution in [1.29, 1.82) is 0 Å². The van der Waals surface area contributed by atoms with Gasteiger partial charge in [-0.1, -0.05) is 26.0 Å². The Kier molecular flexibility index (Phi) is 3.93. The van der Waals surface area contributed by atoms with E-state index in [2.05, 4.69) is 30.3 Å².